The maximum atomic E-state index is 13.6. The first-order chi connectivity index (χ1) is 15.9. The molecule has 0 saturated carbocycles. The van der Waals surface area contributed by atoms with Gasteiger partial charge in [0, 0.05) is 23.3 Å². The summed E-state index contributed by atoms with van der Waals surface area (Å²) in [6, 6.07) is 15.9. The summed E-state index contributed by atoms with van der Waals surface area (Å²) in [4.78, 5) is 31.1. The Hall–Kier alpha value is -4.46. The lowest BCUT2D eigenvalue weighted by Gasteiger charge is -2.05. The fourth-order valence-corrected chi connectivity index (χ4v) is 3.84. The number of aryl methyl sites for hydroxylation is 1. The lowest BCUT2D eigenvalue weighted by molar-refractivity contribution is 0.102. The van der Waals surface area contributed by atoms with Gasteiger partial charge in [0.1, 0.15) is 5.82 Å². The summed E-state index contributed by atoms with van der Waals surface area (Å²) in [7, 11) is 0. The van der Waals surface area contributed by atoms with Crippen LogP contribution in [0.2, 0.25) is 0 Å². The number of halogens is 1. The van der Waals surface area contributed by atoms with Gasteiger partial charge >= 0.3 is 0 Å². The van der Waals surface area contributed by atoms with Crippen LogP contribution >= 0.6 is 0 Å². The Kier molecular flexibility index (Phi) is 5.10. The van der Waals surface area contributed by atoms with Crippen LogP contribution in [0, 0.1) is 12.7 Å². The van der Waals surface area contributed by atoms with Crippen molar-refractivity contribution in [2.75, 3.05) is 5.32 Å². The van der Waals surface area contributed by atoms with E-state index in [1.807, 2.05) is 43.3 Å². The normalized spacial score (nSPS) is 11.1. The number of amides is 1. The molecule has 0 atom stereocenters. The second-order valence-electron chi connectivity index (χ2n) is 7.92. The van der Waals surface area contributed by atoms with Crippen molar-refractivity contribution in [3.8, 4) is 11.3 Å². The van der Waals surface area contributed by atoms with Gasteiger partial charge < -0.3 is 15.3 Å². The average Bonchev–Trinajstić information content (AvgIpc) is 3.39. The van der Waals surface area contributed by atoms with Crippen molar-refractivity contribution in [2.45, 2.75) is 13.5 Å². The number of para-hydroxylation sites is 1. The van der Waals surface area contributed by atoms with E-state index >= 15 is 0 Å². The molecule has 0 saturated heterocycles. The predicted molar refractivity (Wildman–Crippen MR) is 125 cm³/mol. The molecule has 33 heavy (non-hydrogen) atoms. The van der Waals surface area contributed by atoms with Crippen LogP contribution in [0.3, 0.4) is 0 Å². The van der Waals surface area contributed by atoms with Crippen LogP contribution in [-0.2, 0) is 6.54 Å². The highest BCUT2D eigenvalue weighted by atomic mass is 19.1. The third kappa shape index (κ3) is 4.31. The van der Waals surface area contributed by atoms with Crippen LogP contribution in [0.15, 0.2) is 78.0 Å². The molecule has 3 N–H and O–H groups in total. The second-order valence-corrected chi connectivity index (χ2v) is 7.92. The molecule has 0 unspecified atom stereocenters. The molecule has 5 rings (SSSR count). The molecule has 0 bridgehead atoms. The topological polar surface area (TPSA) is 95.6 Å². The van der Waals surface area contributed by atoms with E-state index in [0.29, 0.717) is 29.1 Å². The lowest BCUT2D eigenvalue weighted by atomic mass is 10.1. The van der Waals surface area contributed by atoms with Crippen molar-refractivity contribution in [1.82, 2.24) is 19.7 Å². The monoisotopic (exact) mass is 441 g/mol. The minimum Gasteiger partial charge on any atom is -0.354 e. The Morgan fingerprint density at radius 2 is 2.00 bits per heavy atom. The van der Waals surface area contributed by atoms with E-state index < -0.39 is 0 Å². The number of anilines is 1. The lowest BCUT2D eigenvalue weighted by Crippen LogP contribution is -2.16. The van der Waals surface area contributed by atoms with E-state index in [-0.39, 0.29) is 17.3 Å². The molecular weight excluding hydrogens is 421 g/mol. The molecule has 0 fully saturated rings. The number of aromatic nitrogens is 4. The van der Waals surface area contributed by atoms with Gasteiger partial charge in [0.15, 0.2) is 0 Å². The summed E-state index contributed by atoms with van der Waals surface area (Å²) in [5.41, 5.74) is 4.01. The zero-order chi connectivity index (χ0) is 22.9. The van der Waals surface area contributed by atoms with Crippen molar-refractivity contribution in [1.29, 1.82) is 0 Å². The van der Waals surface area contributed by atoms with E-state index in [0.717, 1.165) is 22.0 Å². The molecule has 1 amide bonds. The molecule has 2 aromatic carbocycles. The second kappa shape index (κ2) is 8.23. The number of fused-ring (bicyclic) bond motifs is 1. The molecule has 0 aliphatic rings. The van der Waals surface area contributed by atoms with Gasteiger partial charge in [-0.25, -0.2) is 4.39 Å². The number of carbonyl (C=O) groups excluding carboxylic acids is 1. The summed E-state index contributed by atoms with van der Waals surface area (Å²) in [5, 5.41) is 8.00. The van der Waals surface area contributed by atoms with Crippen molar-refractivity contribution in [3.05, 3.63) is 106 Å². The molecule has 164 valence electrons. The molecule has 3 aromatic heterocycles. The largest absolute Gasteiger partial charge is 0.354 e. The van der Waals surface area contributed by atoms with Crippen LogP contribution in [0.5, 0.6) is 0 Å². The number of pyridine rings is 1. The van der Waals surface area contributed by atoms with Gasteiger partial charge in [0.25, 0.3) is 11.5 Å². The van der Waals surface area contributed by atoms with Gasteiger partial charge in [0.2, 0.25) is 0 Å². The number of aromatic amines is 2. The number of rotatable bonds is 5. The van der Waals surface area contributed by atoms with Crippen molar-refractivity contribution >= 4 is 22.5 Å². The molecule has 8 heteroatoms. The van der Waals surface area contributed by atoms with Crippen molar-refractivity contribution < 1.29 is 9.18 Å². The van der Waals surface area contributed by atoms with Crippen LogP contribution in [0.25, 0.3) is 22.2 Å². The quantitative estimate of drug-likeness (QED) is 0.376. The zero-order valence-electron chi connectivity index (χ0n) is 17.7. The summed E-state index contributed by atoms with van der Waals surface area (Å²) >= 11 is 0. The number of hydrogen-bond acceptors (Lipinski definition) is 3. The third-order valence-electron chi connectivity index (χ3n) is 5.32. The molecule has 3 heterocycles. The summed E-state index contributed by atoms with van der Waals surface area (Å²) < 4.78 is 15.2. The highest BCUT2D eigenvalue weighted by Crippen LogP contribution is 2.22. The van der Waals surface area contributed by atoms with Gasteiger partial charge in [0.05, 0.1) is 35.2 Å². The number of hydrogen-bond donors (Lipinski definition) is 3. The smallest absolute Gasteiger partial charge is 0.257 e. The van der Waals surface area contributed by atoms with Crippen molar-refractivity contribution in [3.63, 3.8) is 0 Å². The number of nitrogens with one attached hydrogen (secondary N) is 3. The zero-order valence-corrected chi connectivity index (χ0v) is 17.7. The van der Waals surface area contributed by atoms with Crippen LogP contribution in [-0.4, -0.2) is 25.7 Å². The van der Waals surface area contributed by atoms with E-state index in [4.69, 9.17) is 0 Å². The number of carbonyl (C=O) groups is 1. The highest BCUT2D eigenvalue weighted by Gasteiger charge is 2.13. The fraction of sp³-hybridized carbons (Fsp3) is 0.0800. The third-order valence-corrected chi connectivity index (χ3v) is 5.32. The molecule has 0 aliphatic carbocycles. The van der Waals surface area contributed by atoms with Gasteiger partial charge in [-0.2, -0.15) is 5.10 Å². The Bertz CT molecular complexity index is 1490. The minimum atomic E-state index is -0.384. The first kappa shape index (κ1) is 20.4. The Morgan fingerprint density at radius 1 is 1.15 bits per heavy atom. The van der Waals surface area contributed by atoms with E-state index in [1.54, 1.807) is 16.9 Å². The Balaban J connectivity index is 1.35. The number of benzene rings is 2. The van der Waals surface area contributed by atoms with Gasteiger partial charge in [-0.15, -0.1) is 0 Å². The van der Waals surface area contributed by atoms with Crippen LogP contribution < -0.4 is 10.9 Å². The Morgan fingerprint density at radius 3 is 2.82 bits per heavy atom. The van der Waals surface area contributed by atoms with Gasteiger partial charge in [-0.1, -0.05) is 24.3 Å². The first-order valence-corrected chi connectivity index (χ1v) is 10.4. The van der Waals surface area contributed by atoms with Gasteiger partial charge in [-0.3, -0.25) is 14.3 Å². The minimum absolute atomic E-state index is 0.295. The fourth-order valence-electron chi connectivity index (χ4n) is 3.84. The van der Waals surface area contributed by atoms with E-state index in [2.05, 4.69) is 20.4 Å². The van der Waals surface area contributed by atoms with E-state index in [1.165, 1.54) is 24.5 Å². The molecule has 0 radical (unpaired) electrons. The average molecular weight is 441 g/mol. The number of H-pyrrole nitrogens is 2. The Labute approximate surface area is 187 Å². The molecular formula is C25H20FN5O2. The predicted octanol–water partition coefficient (Wildman–Crippen LogP) is 4.47. The SMILES string of the molecule is Cc1cc(F)cc(Cn2cc(NC(=O)c3c[nH]c(=O)c(-c4cc5ccccc5[nH]4)c3)cn2)c1. The van der Waals surface area contributed by atoms with Gasteiger partial charge in [-0.05, 0) is 48.4 Å². The maximum absolute atomic E-state index is 13.6. The molecule has 5 aromatic rings. The molecule has 0 spiro atoms. The first-order valence-electron chi connectivity index (χ1n) is 10.4. The molecule has 0 aliphatic heterocycles. The molecule has 7 nitrogen and oxygen atoms in total. The summed E-state index contributed by atoms with van der Waals surface area (Å²) in [6.07, 6.45) is 4.57. The highest BCUT2D eigenvalue weighted by molar-refractivity contribution is 6.04. The maximum Gasteiger partial charge on any atom is 0.257 e. The van der Waals surface area contributed by atoms with Crippen LogP contribution in [0.4, 0.5) is 10.1 Å². The summed E-state index contributed by atoms with van der Waals surface area (Å²) in [5.74, 6) is -0.681. The van der Waals surface area contributed by atoms with E-state index in [9.17, 15) is 14.0 Å². The number of nitrogens with zero attached hydrogens (tertiary/aromatic N) is 2. The van der Waals surface area contributed by atoms with Crippen molar-refractivity contribution in [2.24, 2.45) is 0 Å². The summed E-state index contributed by atoms with van der Waals surface area (Å²) in [6.45, 7) is 2.20. The van der Waals surface area contributed by atoms with Crippen LogP contribution in [0.1, 0.15) is 21.5 Å². The standard InChI is InChI=1S/C25H20FN5O2/c1-15-6-16(8-19(26)7-15)13-31-14-20(12-28-31)29-24(32)18-9-21(25(33)27-11-18)23-10-17-4-2-3-5-22(17)30-23/h2-12,14,30H,13H2,1H3,(H,27,33)(H,29,32).